The highest BCUT2D eigenvalue weighted by Gasteiger charge is 2.34. The first-order chi connectivity index (χ1) is 20.1. The molecule has 1 heterocycles. The molecule has 42 heavy (non-hydrogen) atoms. The molecule has 0 aliphatic heterocycles. The number of hydrogen-bond donors (Lipinski definition) is 4. The highest BCUT2D eigenvalue weighted by atomic mass is 35.5. The molecule has 2 saturated carbocycles. The van der Waals surface area contributed by atoms with Crippen molar-refractivity contribution in [3.05, 3.63) is 93.7 Å². The van der Waals surface area contributed by atoms with E-state index in [4.69, 9.17) is 28.9 Å². The molecular formula is C33H34Cl2N4O3. The van der Waals surface area contributed by atoms with Crippen molar-refractivity contribution in [1.82, 2.24) is 15.5 Å². The Bertz CT molecular complexity index is 1500. The number of hydrogen-bond acceptors (Lipinski definition) is 6. The van der Waals surface area contributed by atoms with Crippen LogP contribution in [0.25, 0.3) is 0 Å². The molecule has 0 saturated heterocycles. The Kier molecular flexibility index (Phi) is 11.0. The van der Waals surface area contributed by atoms with E-state index < -0.39 is 11.2 Å². The zero-order valence-electron chi connectivity index (χ0n) is 23.2. The molecule has 5 N–H and O–H groups in total. The maximum Gasteiger partial charge on any atom is 0.253 e. The lowest BCUT2D eigenvalue weighted by Crippen LogP contribution is -2.45. The number of carbonyl (C=O) groups excluding carboxylic acids is 1. The molecule has 3 aromatic rings. The van der Waals surface area contributed by atoms with Gasteiger partial charge in [-0.2, -0.15) is 10.2 Å². The summed E-state index contributed by atoms with van der Waals surface area (Å²) in [7, 11) is 0. The highest BCUT2D eigenvalue weighted by molar-refractivity contribution is 6.31. The molecule has 218 valence electrons. The average Bonchev–Trinajstić information content (AvgIpc) is 2.96. The van der Waals surface area contributed by atoms with Crippen molar-refractivity contribution >= 4 is 29.1 Å². The molecule has 2 aromatic carbocycles. The lowest BCUT2D eigenvalue weighted by Gasteiger charge is -2.33. The minimum Gasteiger partial charge on any atom is -0.378 e. The molecule has 0 unspecified atom stereocenters. The molecular weight excluding hydrogens is 571 g/mol. The Morgan fingerprint density at radius 1 is 0.881 bits per heavy atom. The van der Waals surface area contributed by atoms with Gasteiger partial charge in [0.15, 0.2) is 0 Å². The van der Waals surface area contributed by atoms with Crippen molar-refractivity contribution in [2.75, 3.05) is 0 Å². The summed E-state index contributed by atoms with van der Waals surface area (Å²) in [4.78, 5) is 12.2. The maximum atomic E-state index is 12.2. The van der Waals surface area contributed by atoms with E-state index in [2.05, 4.69) is 39.2 Å². The van der Waals surface area contributed by atoms with Gasteiger partial charge < -0.3 is 21.3 Å². The number of amides is 1. The van der Waals surface area contributed by atoms with Crippen LogP contribution in [0.2, 0.25) is 10.0 Å². The van der Waals surface area contributed by atoms with Crippen LogP contribution in [0.1, 0.15) is 72.9 Å². The Morgan fingerprint density at radius 3 is 2.02 bits per heavy atom. The van der Waals surface area contributed by atoms with E-state index in [1.165, 1.54) is 12.4 Å². The predicted molar refractivity (Wildman–Crippen MR) is 165 cm³/mol. The topological polar surface area (TPSA) is 121 Å². The van der Waals surface area contributed by atoms with E-state index in [0.29, 0.717) is 41.3 Å². The molecule has 2 fully saturated rings. The smallest absolute Gasteiger partial charge is 0.253 e. The molecule has 0 radical (unpaired) electrons. The largest absolute Gasteiger partial charge is 0.378 e. The van der Waals surface area contributed by atoms with Crippen molar-refractivity contribution in [2.45, 2.75) is 74.7 Å². The number of aromatic nitrogens is 2. The van der Waals surface area contributed by atoms with E-state index in [-0.39, 0.29) is 18.0 Å². The molecule has 0 spiro atoms. The average molecular weight is 606 g/mol. The first-order valence-corrected chi connectivity index (χ1v) is 14.7. The summed E-state index contributed by atoms with van der Waals surface area (Å²) in [5, 5.41) is 32.6. The van der Waals surface area contributed by atoms with Gasteiger partial charge in [-0.25, -0.2) is 0 Å². The van der Waals surface area contributed by atoms with Crippen molar-refractivity contribution in [3.8, 4) is 23.7 Å². The second kappa shape index (κ2) is 14.6. The van der Waals surface area contributed by atoms with Gasteiger partial charge in [0.2, 0.25) is 0 Å². The lowest BCUT2D eigenvalue weighted by molar-refractivity contribution is 0.0452. The number of carbonyl (C=O) groups is 1. The molecule has 1 aromatic heterocycles. The van der Waals surface area contributed by atoms with Gasteiger partial charge in [0.05, 0.1) is 18.0 Å². The second-order valence-corrected chi connectivity index (χ2v) is 11.7. The number of benzene rings is 2. The standard InChI is InChI=1S/C19H18ClN3O2.C14H16ClNO/c20-16-4-1-3-14(11-16)6-9-19(25)8-2-5-17(12-19)23-18(24)15-7-10-21-22-13-15;15-12-4-1-3-11(9-12)6-8-14(17)7-2-5-13(16)10-14/h1,3-4,7,10-11,13,17,25H,2,5,8,12H2,(H,23,24);1,3-4,9,13,17H,2,5,7,10,16H2/t17-,19+;13-,14+/m00/s1. The molecule has 2 aliphatic carbocycles. The number of nitrogens with zero attached hydrogens (tertiary/aromatic N) is 2. The van der Waals surface area contributed by atoms with Crippen LogP contribution >= 0.6 is 23.2 Å². The Hall–Kier alpha value is -3.43. The van der Waals surface area contributed by atoms with E-state index in [1.54, 1.807) is 30.3 Å². The second-order valence-electron chi connectivity index (χ2n) is 10.8. The number of rotatable bonds is 2. The molecule has 7 nitrogen and oxygen atoms in total. The molecule has 0 bridgehead atoms. The maximum absolute atomic E-state index is 12.2. The summed E-state index contributed by atoms with van der Waals surface area (Å²) in [5.74, 6) is 11.6. The Labute approximate surface area is 256 Å². The highest BCUT2D eigenvalue weighted by Crippen LogP contribution is 2.29. The summed E-state index contributed by atoms with van der Waals surface area (Å²) in [5.41, 5.74) is 5.84. The number of nitrogens with one attached hydrogen (secondary N) is 1. The zero-order valence-corrected chi connectivity index (χ0v) is 24.7. The van der Waals surface area contributed by atoms with Gasteiger partial charge in [-0.15, -0.1) is 0 Å². The quantitative estimate of drug-likeness (QED) is 0.308. The summed E-state index contributed by atoms with van der Waals surface area (Å²) in [6.07, 6.45) is 8.64. The van der Waals surface area contributed by atoms with Crippen LogP contribution in [0, 0.1) is 23.7 Å². The number of halogens is 2. The van der Waals surface area contributed by atoms with Crippen molar-refractivity contribution in [1.29, 1.82) is 0 Å². The van der Waals surface area contributed by atoms with Crippen LogP contribution in [0.3, 0.4) is 0 Å². The summed E-state index contributed by atoms with van der Waals surface area (Å²) in [6, 6.07) is 16.1. The van der Waals surface area contributed by atoms with Crippen LogP contribution in [0.4, 0.5) is 0 Å². The van der Waals surface area contributed by atoms with Crippen LogP contribution < -0.4 is 11.1 Å². The van der Waals surface area contributed by atoms with Gasteiger partial charge >= 0.3 is 0 Å². The van der Waals surface area contributed by atoms with E-state index in [1.807, 2.05) is 24.3 Å². The predicted octanol–water partition coefficient (Wildman–Crippen LogP) is 4.91. The van der Waals surface area contributed by atoms with Gasteiger partial charge in [0.1, 0.15) is 11.2 Å². The van der Waals surface area contributed by atoms with Gasteiger partial charge in [-0.05, 0) is 81.0 Å². The van der Waals surface area contributed by atoms with Crippen molar-refractivity contribution in [2.24, 2.45) is 5.73 Å². The van der Waals surface area contributed by atoms with E-state index in [0.717, 1.165) is 36.8 Å². The molecule has 5 rings (SSSR count). The number of nitrogens with two attached hydrogens (primary N) is 1. The van der Waals surface area contributed by atoms with E-state index >= 15 is 0 Å². The minimum atomic E-state index is -1.12. The van der Waals surface area contributed by atoms with Crippen LogP contribution in [-0.2, 0) is 0 Å². The first-order valence-electron chi connectivity index (χ1n) is 14.0. The SMILES string of the molecule is N[C@H]1CCC[C@@](O)(C#Cc2cccc(Cl)c2)C1.O=C(N[C@H]1CCC[C@@](O)(C#Cc2cccc(Cl)c2)C1)c1ccnnc1. The fraction of sp³-hybridized carbons (Fsp3) is 0.364. The van der Waals surface area contributed by atoms with Gasteiger partial charge in [-0.3, -0.25) is 4.79 Å². The third-order valence-electron chi connectivity index (χ3n) is 7.20. The van der Waals surface area contributed by atoms with Crippen molar-refractivity contribution < 1.29 is 15.0 Å². The summed E-state index contributed by atoms with van der Waals surface area (Å²) in [6.45, 7) is 0. The summed E-state index contributed by atoms with van der Waals surface area (Å²) >= 11 is 11.8. The number of aliphatic hydroxyl groups is 2. The fourth-order valence-electron chi connectivity index (χ4n) is 5.10. The van der Waals surface area contributed by atoms with E-state index in [9.17, 15) is 15.0 Å². The third kappa shape index (κ3) is 9.84. The molecule has 1 amide bonds. The molecule has 4 atom stereocenters. The minimum absolute atomic E-state index is 0.0578. The third-order valence-corrected chi connectivity index (χ3v) is 7.67. The van der Waals surface area contributed by atoms with Gasteiger partial charge in [-0.1, -0.05) is 59.0 Å². The Morgan fingerprint density at radius 2 is 1.48 bits per heavy atom. The monoisotopic (exact) mass is 604 g/mol. The fourth-order valence-corrected chi connectivity index (χ4v) is 5.48. The normalized spacial score (nSPS) is 24.9. The van der Waals surface area contributed by atoms with Crippen LogP contribution in [-0.4, -0.2) is 49.6 Å². The summed E-state index contributed by atoms with van der Waals surface area (Å²) < 4.78 is 0. The Balaban J connectivity index is 0.000000208. The zero-order chi connectivity index (χ0) is 30.0. The lowest BCUT2D eigenvalue weighted by atomic mass is 9.82. The molecule has 2 aliphatic rings. The van der Waals surface area contributed by atoms with Gasteiger partial charge in [0, 0.05) is 46.1 Å². The van der Waals surface area contributed by atoms with Gasteiger partial charge in [0.25, 0.3) is 5.91 Å². The van der Waals surface area contributed by atoms with Crippen LogP contribution in [0.5, 0.6) is 0 Å². The van der Waals surface area contributed by atoms with Crippen molar-refractivity contribution in [3.63, 3.8) is 0 Å². The molecule has 9 heteroatoms. The van der Waals surface area contributed by atoms with Crippen LogP contribution in [0.15, 0.2) is 67.0 Å². The first kappa shape index (κ1) is 31.5.